The molecule has 1 fully saturated rings. The van der Waals surface area contributed by atoms with E-state index in [2.05, 4.69) is 16.2 Å². The molecule has 0 spiro atoms. The maximum Gasteiger partial charge on any atom is 0.220 e. The SMILES string of the molecule is Cn1cc(CN2CCC(C(N)=O)CC2)c(-c2cccc(Cl)c2)n1. The van der Waals surface area contributed by atoms with Gasteiger partial charge in [-0.15, -0.1) is 0 Å². The summed E-state index contributed by atoms with van der Waals surface area (Å²) in [4.78, 5) is 13.6. The van der Waals surface area contributed by atoms with Crippen molar-refractivity contribution in [3.8, 4) is 11.3 Å². The van der Waals surface area contributed by atoms with Gasteiger partial charge in [0.2, 0.25) is 5.91 Å². The van der Waals surface area contributed by atoms with E-state index < -0.39 is 0 Å². The number of halogens is 1. The number of benzene rings is 1. The van der Waals surface area contributed by atoms with Crippen LogP contribution in [0, 0.1) is 5.92 Å². The Bertz CT molecular complexity index is 704. The van der Waals surface area contributed by atoms with E-state index in [1.165, 1.54) is 5.56 Å². The maximum atomic E-state index is 11.3. The Kier molecular flexibility index (Phi) is 4.68. The minimum Gasteiger partial charge on any atom is -0.369 e. The molecule has 2 N–H and O–H groups in total. The van der Waals surface area contributed by atoms with Gasteiger partial charge >= 0.3 is 0 Å². The van der Waals surface area contributed by atoms with Gasteiger partial charge in [-0.25, -0.2) is 0 Å². The first-order valence-corrected chi connectivity index (χ1v) is 8.21. The zero-order valence-electron chi connectivity index (χ0n) is 13.2. The molecule has 1 aliphatic heterocycles. The first-order valence-electron chi connectivity index (χ1n) is 7.83. The number of carbonyl (C=O) groups is 1. The summed E-state index contributed by atoms with van der Waals surface area (Å²) < 4.78 is 1.84. The van der Waals surface area contributed by atoms with Crippen LogP contribution in [0.3, 0.4) is 0 Å². The molecule has 5 nitrogen and oxygen atoms in total. The zero-order valence-corrected chi connectivity index (χ0v) is 14.0. The second-order valence-electron chi connectivity index (χ2n) is 6.14. The summed E-state index contributed by atoms with van der Waals surface area (Å²) in [5.41, 5.74) is 8.57. The van der Waals surface area contributed by atoms with Gasteiger partial charge in [-0.2, -0.15) is 5.10 Å². The van der Waals surface area contributed by atoms with Crippen LogP contribution >= 0.6 is 11.6 Å². The van der Waals surface area contributed by atoms with Gasteiger partial charge in [0, 0.05) is 41.9 Å². The van der Waals surface area contributed by atoms with Crippen molar-refractivity contribution >= 4 is 17.5 Å². The first-order chi connectivity index (χ1) is 11.0. The fourth-order valence-electron chi connectivity index (χ4n) is 3.15. The van der Waals surface area contributed by atoms with Crippen LogP contribution in [-0.2, 0) is 18.4 Å². The molecular formula is C17H21ClN4O. The van der Waals surface area contributed by atoms with E-state index in [1.807, 2.05) is 36.0 Å². The molecule has 2 heterocycles. The van der Waals surface area contributed by atoms with Crippen molar-refractivity contribution in [2.24, 2.45) is 18.7 Å². The Balaban J connectivity index is 1.75. The molecule has 23 heavy (non-hydrogen) atoms. The highest BCUT2D eigenvalue weighted by Crippen LogP contribution is 2.27. The standard InChI is InChI=1S/C17H21ClN4O/c1-21-10-14(11-22-7-5-12(6-8-22)17(19)23)16(20-21)13-3-2-4-15(18)9-13/h2-4,9-10,12H,5-8,11H2,1H3,(H2,19,23). The van der Waals surface area contributed by atoms with Gasteiger partial charge in [-0.05, 0) is 38.1 Å². The molecule has 2 aromatic rings. The Morgan fingerprint density at radius 3 is 2.78 bits per heavy atom. The van der Waals surface area contributed by atoms with Crippen molar-refractivity contribution in [2.45, 2.75) is 19.4 Å². The lowest BCUT2D eigenvalue weighted by Gasteiger charge is -2.30. The van der Waals surface area contributed by atoms with Crippen LogP contribution < -0.4 is 5.73 Å². The van der Waals surface area contributed by atoms with Gasteiger partial charge in [-0.1, -0.05) is 23.7 Å². The highest BCUT2D eigenvalue weighted by Gasteiger charge is 2.24. The number of hydrogen-bond acceptors (Lipinski definition) is 3. The van der Waals surface area contributed by atoms with Gasteiger partial charge in [0.05, 0.1) is 5.69 Å². The number of primary amides is 1. The molecule has 1 aliphatic rings. The van der Waals surface area contributed by atoms with Gasteiger partial charge < -0.3 is 5.73 Å². The highest BCUT2D eigenvalue weighted by molar-refractivity contribution is 6.30. The maximum absolute atomic E-state index is 11.3. The van der Waals surface area contributed by atoms with E-state index in [9.17, 15) is 4.79 Å². The Hall–Kier alpha value is -1.85. The number of nitrogens with two attached hydrogens (primary N) is 1. The summed E-state index contributed by atoms with van der Waals surface area (Å²) in [7, 11) is 1.93. The number of hydrogen-bond donors (Lipinski definition) is 1. The van der Waals surface area contributed by atoms with E-state index in [1.54, 1.807) is 0 Å². The molecule has 1 saturated heterocycles. The third kappa shape index (κ3) is 3.74. The van der Waals surface area contributed by atoms with Gasteiger partial charge in [0.1, 0.15) is 0 Å². The van der Waals surface area contributed by atoms with Crippen molar-refractivity contribution in [1.29, 1.82) is 0 Å². The van der Waals surface area contributed by atoms with Crippen LogP contribution in [0.15, 0.2) is 30.5 Å². The van der Waals surface area contributed by atoms with Crippen LogP contribution in [0.25, 0.3) is 11.3 Å². The molecule has 0 bridgehead atoms. The van der Waals surface area contributed by atoms with E-state index in [0.717, 1.165) is 43.7 Å². The smallest absolute Gasteiger partial charge is 0.220 e. The van der Waals surface area contributed by atoms with Gasteiger partial charge in [0.25, 0.3) is 0 Å². The summed E-state index contributed by atoms with van der Waals surface area (Å²) >= 11 is 6.10. The van der Waals surface area contributed by atoms with Crippen LogP contribution in [0.5, 0.6) is 0 Å². The van der Waals surface area contributed by atoms with E-state index >= 15 is 0 Å². The average molecular weight is 333 g/mol. The molecule has 1 aromatic carbocycles. The Morgan fingerprint density at radius 2 is 2.13 bits per heavy atom. The topological polar surface area (TPSA) is 64.2 Å². The largest absolute Gasteiger partial charge is 0.369 e. The fraction of sp³-hybridized carbons (Fsp3) is 0.412. The lowest BCUT2D eigenvalue weighted by Crippen LogP contribution is -2.38. The Morgan fingerprint density at radius 1 is 1.39 bits per heavy atom. The number of amides is 1. The lowest BCUT2D eigenvalue weighted by molar-refractivity contribution is -0.123. The summed E-state index contributed by atoms with van der Waals surface area (Å²) in [6, 6.07) is 7.76. The van der Waals surface area contributed by atoms with Crippen LogP contribution in [-0.4, -0.2) is 33.7 Å². The predicted octanol–water partition coefficient (Wildman–Crippen LogP) is 2.44. The number of aromatic nitrogens is 2. The van der Waals surface area contributed by atoms with Crippen molar-refractivity contribution in [3.63, 3.8) is 0 Å². The zero-order chi connectivity index (χ0) is 16.4. The van der Waals surface area contributed by atoms with Crippen molar-refractivity contribution in [1.82, 2.24) is 14.7 Å². The normalized spacial score (nSPS) is 16.6. The quantitative estimate of drug-likeness (QED) is 0.935. The van der Waals surface area contributed by atoms with E-state index in [-0.39, 0.29) is 11.8 Å². The predicted molar refractivity (Wildman–Crippen MR) is 90.8 cm³/mol. The van der Waals surface area contributed by atoms with Gasteiger partial charge in [-0.3, -0.25) is 14.4 Å². The third-order valence-corrected chi connectivity index (χ3v) is 4.62. The molecule has 122 valence electrons. The monoisotopic (exact) mass is 332 g/mol. The van der Waals surface area contributed by atoms with Crippen LogP contribution in [0.1, 0.15) is 18.4 Å². The summed E-state index contributed by atoms with van der Waals surface area (Å²) in [6.07, 6.45) is 3.72. The number of nitrogens with zero attached hydrogens (tertiary/aromatic N) is 3. The number of likely N-dealkylation sites (tertiary alicyclic amines) is 1. The fourth-order valence-corrected chi connectivity index (χ4v) is 3.34. The second-order valence-corrected chi connectivity index (χ2v) is 6.58. The molecule has 3 rings (SSSR count). The molecule has 1 amide bonds. The minimum absolute atomic E-state index is 0.0209. The van der Waals surface area contributed by atoms with Crippen LogP contribution in [0.4, 0.5) is 0 Å². The van der Waals surface area contributed by atoms with E-state index in [0.29, 0.717) is 5.02 Å². The third-order valence-electron chi connectivity index (χ3n) is 4.39. The van der Waals surface area contributed by atoms with Crippen molar-refractivity contribution in [2.75, 3.05) is 13.1 Å². The highest BCUT2D eigenvalue weighted by atomic mass is 35.5. The molecule has 0 radical (unpaired) electrons. The first kappa shape index (κ1) is 16.0. The Labute approximate surface area is 141 Å². The summed E-state index contributed by atoms with van der Waals surface area (Å²) in [6.45, 7) is 2.59. The molecule has 0 atom stereocenters. The molecule has 0 saturated carbocycles. The summed E-state index contributed by atoms with van der Waals surface area (Å²) in [5.74, 6) is -0.154. The molecule has 1 aromatic heterocycles. The average Bonchev–Trinajstić information content (AvgIpc) is 2.88. The van der Waals surface area contributed by atoms with Crippen LogP contribution in [0.2, 0.25) is 5.02 Å². The van der Waals surface area contributed by atoms with Crippen molar-refractivity contribution in [3.05, 3.63) is 41.0 Å². The van der Waals surface area contributed by atoms with Crippen molar-refractivity contribution < 1.29 is 4.79 Å². The molecule has 0 aliphatic carbocycles. The number of carbonyl (C=O) groups excluding carboxylic acids is 1. The second kappa shape index (κ2) is 6.72. The number of piperidine rings is 1. The number of aryl methyl sites for hydroxylation is 1. The van der Waals surface area contributed by atoms with E-state index in [4.69, 9.17) is 17.3 Å². The minimum atomic E-state index is -0.175. The molecule has 6 heteroatoms. The van der Waals surface area contributed by atoms with Gasteiger partial charge in [0.15, 0.2) is 0 Å². The number of rotatable bonds is 4. The lowest BCUT2D eigenvalue weighted by atomic mass is 9.96. The molecule has 0 unspecified atom stereocenters. The molecular weight excluding hydrogens is 312 g/mol. The summed E-state index contributed by atoms with van der Waals surface area (Å²) in [5, 5.41) is 5.30.